The van der Waals surface area contributed by atoms with Gasteiger partial charge in [0, 0.05) is 31.4 Å². The number of methoxy groups -OCH3 is 1. The number of amides is 2. The Labute approximate surface area is 142 Å². The first-order chi connectivity index (χ1) is 11.4. The second-order valence-corrected chi connectivity index (χ2v) is 7.11. The molecule has 2 unspecified atom stereocenters. The molecule has 3 rings (SSSR count). The lowest BCUT2D eigenvalue weighted by molar-refractivity contribution is -0.143. The number of urea groups is 1. The van der Waals surface area contributed by atoms with Gasteiger partial charge < -0.3 is 15.0 Å². The van der Waals surface area contributed by atoms with Crippen LogP contribution in [0.4, 0.5) is 4.79 Å². The van der Waals surface area contributed by atoms with Crippen molar-refractivity contribution in [1.82, 2.24) is 20.0 Å². The summed E-state index contributed by atoms with van der Waals surface area (Å²) in [6.07, 6.45) is 4.46. The Morgan fingerprint density at radius 2 is 2.08 bits per heavy atom. The molecule has 2 amide bonds. The molecule has 2 aliphatic rings. The molecule has 1 spiro atoms. The Morgan fingerprint density at radius 1 is 1.42 bits per heavy atom. The van der Waals surface area contributed by atoms with Crippen LogP contribution in [0.25, 0.3) is 0 Å². The van der Waals surface area contributed by atoms with E-state index in [0.29, 0.717) is 13.1 Å². The first-order valence-corrected chi connectivity index (χ1v) is 8.50. The molecule has 0 aromatic carbocycles. The summed E-state index contributed by atoms with van der Waals surface area (Å²) in [6, 6.07) is -0.123. The van der Waals surface area contributed by atoms with E-state index in [1.54, 1.807) is 6.20 Å². The van der Waals surface area contributed by atoms with E-state index in [4.69, 9.17) is 4.74 Å². The van der Waals surface area contributed by atoms with Crippen molar-refractivity contribution in [2.45, 2.75) is 39.2 Å². The van der Waals surface area contributed by atoms with Gasteiger partial charge in [-0.2, -0.15) is 5.10 Å². The third-order valence-corrected chi connectivity index (χ3v) is 5.80. The third kappa shape index (κ3) is 2.87. The van der Waals surface area contributed by atoms with Crippen LogP contribution in [0.3, 0.4) is 0 Å². The van der Waals surface area contributed by atoms with Crippen molar-refractivity contribution in [3.05, 3.63) is 17.5 Å². The van der Waals surface area contributed by atoms with Gasteiger partial charge in [0.25, 0.3) is 0 Å². The Hall–Kier alpha value is -2.05. The lowest BCUT2D eigenvalue weighted by Gasteiger charge is -2.33. The molecule has 1 aromatic rings. The van der Waals surface area contributed by atoms with Crippen LogP contribution in [0, 0.1) is 18.3 Å². The summed E-state index contributed by atoms with van der Waals surface area (Å²) >= 11 is 0. The summed E-state index contributed by atoms with van der Waals surface area (Å²) in [5.41, 5.74) is 2.17. The molecule has 0 radical (unpaired) electrons. The van der Waals surface area contributed by atoms with Crippen LogP contribution in [0.15, 0.2) is 6.20 Å². The summed E-state index contributed by atoms with van der Waals surface area (Å²) in [5, 5.41) is 7.28. The van der Waals surface area contributed by atoms with Crippen LogP contribution in [0.2, 0.25) is 0 Å². The number of hydrogen-bond donors (Lipinski definition) is 1. The number of carbonyl (C=O) groups excluding carboxylic acids is 2. The average molecular weight is 334 g/mol. The summed E-state index contributed by atoms with van der Waals surface area (Å²) in [4.78, 5) is 26.0. The van der Waals surface area contributed by atoms with E-state index < -0.39 is 0 Å². The van der Waals surface area contributed by atoms with E-state index in [9.17, 15) is 9.59 Å². The smallest absolute Gasteiger partial charge is 0.317 e. The van der Waals surface area contributed by atoms with Crippen molar-refractivity contribution in [1.29, 1.82) is 0 Å². The van der Waals surface area contributed by atoms with Gasteiger partial charge in [0.05, 0.1) is 25.3 Å². The van der Waals surface area contributed by atoms with Gasteiger partial charge >= 0.3 is 12.0 Å². The predicted molar refractivity (Wildman–Crippen MR) is 88.3 cm³/mol. The number of aryl methyl sites for hydroxylation is 1. The van der Waals surface area contributed by atoms with Crippen molar-refractivity contribution < 1.29 is 14.3 Å². The monoisotopic (exact) mass is 334 g/mol. The number of piperidine rings is 1. The molecular formula is C17H26N4O3. The molecule has 1 saturated heterocycles. The second kappa shape index (κ2) is 6.11. The SMILES string of the molecule is COC(=O)C1CC12CCN(C(=O)NC(C)c1cnn(C)c1C)CC2. The largest absolute Gasteiger partial charge is 0.469 e. The summed E-state index contributed by atoms with van der Waals surface area (Å²) in [7, 11) is 3.34. The minimum absolute atomic E-state index is 0.0321. The minimum atomic E-state index is -0.103. The molecule has 2 atom stereocenters. The highest BCUT2D eigenvalue weighted by atomic mass is 16.5. The van der Waals surface area contributed by atoms with E-state index >= 15 is 0 Å². The molecule has 24 heavy (non-hydrogen) atoms. The number of esters is 1. The number of aromatic nitrogens is 2. The molecule has 1 saturated carbocycles. The van der Waals surface area contributed by atoms with Gasteiger partial charge in [0.1, 0.15) is 0 Å². The quantitative estimate of drug-likeness (QED) is 0.855. The molecule has 1 aliphatic carbocycles. The molecule has 7 heteroatoms. The van der Waals surface area contributed by atoms with E-state index in [0.717, 1.165) is 30.5 Å². The van der Waals surface area contributed by atoms with Crippen molar-refractivity contribution in [3.8, 4) is 0 Å². The molecule has 1 aliphatic heterocycles. The number of ether oxygens (including phenoxy) is 1. The maximum absolute atomic E-state index is 12.5. The molecule has 2 heterocycles. The maximum atomic E-state index is 12.5. The molecule has 2 fully saturated rings. The zero-order chi connectivity index (χ0) is 17.5. The highest BCUT2D eigenvalue weighted by molar-refractivity contribution is 5.77. The Balaban J connectivity index is 1.53. The van der Waals surface area contributed by atoms with Crippen LogP contribution in [0.5, 0.6) is 0 Å². The summed E-state index contributed by atoms with van der Waals surface area (Å²) in [5.74, 6) is -0.0711. The van der Waals surface area contributed by atoms with Crippen molar-refractivity contribution >= 4 is 12.0 Å². The van der Waals surface area contributed by atoms with Gasteiger partial charge in [0.2, 0.25) is 0 Å². The molecule has 132 valence electrons. The second-order valence-electron chi connectivity index (χ2n) is 7.11. The zero-order valence-corrected chi connectivity index (χ0v) is 14.8. The average Bonchev–Trinajstić information content (AvgIpc) is 3.16. The number of nitrogens with zero attached hydrogens (tertiary/aromatic N) is 3. The Bertz CT molecular complexity index is 646. The van der Waals surface area contributed by atoms with Crippen LogP contribution in [-0.2, 0) is 16.6 Å². The third-order valence-electron chi connectivity index (χ3n) is 5.80. The van der Waals surface area contributed by atoms with Gasteiger partial charge in [0.15, 0.2) is 0 Å². The fraction of sp³-hybridized carbons (Fsp3) is 0.706. The number of carbonyl (C=O) groups is 2. The van der Waals surface area contributed by atoms with Crippen molar-refractivity contribution in [2.24, 2.45) is 18.4 Å². The summed E-state index contributed by atoms with van der Waals surface area (Å²) < 4.78 is 6.66. The first kappa shape index (κ1) is 16.8. The minimum Gasteiger partial charge on any atom is -0.469 e. The Morgan fingerprint density at radius 3 is 2.62 bits per heavy atom. The zero-order valence-electron chi connectivity index (χ0n) is 14.8. The number of hydrogen-bond acceptors (Lipinski definition) is 4. The van der Waals surface area contributed by atoms with Gasteiger partial charge in [-0.05, 0) is 38.5 Å². The van der Waals surface area contributed by atoms with Crippen LogP contribution in [-0.4, -0.2) is 46.9 Å². The predicted octanol–water partition coefficient (Wildman–Crippen LogP) is 1.77. The molecule has 1 N–H and O–H groups in total. The van der Waals surface area contributed by atoms with Gasteiger partial charge in [-0.1, -0.05) is 0 Å². The van der Waals surface area contributed by atoms with Crippen LogP contribution < -0.4 is 5.32 Å². The highest BCUT2D eigenvalue weighted by Gasteiger charge is 2.59. The van der Waals surface area contributed by atoms with Crippen LogP contribution in [0.1, 0.15) is 43.5 Å². The topological polar surface area (TPSA) is 76.5 Å². The van der Waals surface area contributed by atoms with Gasteiger partial charge in [-0.15, -0.1) is 0 Å². The summed E-state index contributed by atoms with van der Waals surface area (Å²) in [6.45, 7) is 5.35. The molecular weight excluding hydrogens is 308 g/mol. The molecule has 1 aromatic heterocycles. The van der Waals surface area contributed by atoms with Crippen LogP contribution >= 0.6 is 0 Å². The number of rotatable bonds is 3. The standard InChI is InChI=1S/C17H26N4O3/c1-11(13-10-18-20(3)12(13)2)19-16(23)21-7-5-17(6-8-21)9-14(17)15(22)24-4/h10-11,14H,5-9H2,1-4H3,(H,19,23). The van der Waals surface area contributed by atoms with E-state index in [-0.39, 0.29) is 29.4 Å². The van der Waals surface area contributed by atoms with Crippen molar-refractivity contribution in [3.63, 3.8) is 0 Å². The fourth-order valence-electron chi connectivity index (χ4n) is 3.83. The number of nitrogens with one attached hydrogen (secondary N) is 1. The van der Waals surface area contributed by atoms with E-state index in [1.165, 1.54) is 7.11 Å². The highest BCUT2D eigenvalue weighted by Crippen LogP contribution is 2.59. The lowest BCUT2D eigenvalue weighted by Crippen LogP contribution is -2.46. The molecule has 7 nitrogen and oxygen atoms in total. The van der Waals surface area contributed by atoms with Crippen molar-refractivity contribution in [2.75, 3.05) is 20.2 Å². The number of likely N-dealkylation sites (tertiary alicyclic amines) is 1. The van der Waals surface area contributed by atoms with Gasteiger partial charge in [-0.25, -0.2) is 4.79 Å². The normalized spacial score (nSPS) is 23.0. The lowest BCUT2D eigenvalue weighted by atomic mass is 9.91. The van der Waals surface area contributed by atoms with E-state index in [2.05, 4.69) is 10.4 Å². The Kier molecular flexibility index (Phi) is 4.27. The maximum Gasteiger partial charge on any atom is 0.317 e. The first-order valence-electron chi connectivity index (χ1n) is 8.50. The van der Waals surface area contributed by atoms with E-state index in [1.807, 2.05) is 30.5 Å². The fourth-order valence-corrected chi connectivity index (χ4v) is 3.83. The van der Waals surface area contributed by atoms with Gasteiger partial charge in [-0.3, -0.25) is 9.48 Å². The molecule has 0 bridgehead atoms.